The van der Waals surface area contributed by atoms with Crippen molar-refractivity contribution in [1.82, 2.24) is 25.5 Å². The number of rotatable bonds is 11. The molecule has 0 spiro atoms. The molecule has 4 rings (SSSR count). The first-order valence-corrected chi connectivity index (χ1v) is 13.1. The predicted octanol–water partition coefficient (Wildman–Crippen LogP) is 4.77. The Balaban J connectivity index is 0.00000441. The summed E-state index contributed by atoms with van der Waals surface area (Å²) in [5.74, 6) is -1.00. The molecule has 1 N–H and O–H groups in total. The molecule has 0 saturated heterocycles. The van der Waals surface area contributed by atoms with Gasteiger partial charge in [0.15, 0.2) is 0 Å². The van der Waals surface area contributed by atoms with Gasteiger partial charge in [-0.2, -0.15) is 4.98 Å². The molecule has 0 unspecified atom stereocenters. The Hall–Kier alpha value is -3.86. The van der Waals surface area contributed by atoms with Gasteiger partial charge in [-0.3, -0.25) is 14.6 Å². The molecule has 2 amide bonds. The van der Waals surface area contributed by atoms with Gasteiger partial charge in [0.25, 0.3) is 5.91 Å². The van der Waals surface area contributed by atoms with Crippen molar-refractivity contribution >= 4 is 17.5 Å². The largest absolute Gasteiger partial charge is 0.355 e. The molecule has 3 aromatic rings. The second-order valence-electron chi connectivity index (χ2n) is 9.82. The predicted molar refractivity (Wildman–Crippen MR) is 149 cm³/mol. The summed E-state index contributed by atoms with van der Waals surface area (Å²) >= 11 is 0. The Morgan fingerprint density at radius 2 is 1.82 bits per heavy atom. The van der Waals surface area contributed by atoms with Crippen LogP contribution in [-0.4, -0.2) is 58.7 Å². The summed E-state index contributed by atoms with van der Waals surface area (Å²) in [7, 11) is 1.65. The number of hydrazine groups is 1. The maximum Gasteiger partial charge on any atom is 0.256 e. The highest BCUT2D eigenvalue weighted by atomic mass is 19.1. The molecule has 2 heterocycles. The zero-order valence-corrected chi connectivity index (χ0v) is 22.8. The Morgan fingerprint density at radius 1 is 1.07 bits per heavy atom. The van der Waals surface area contributed by atoms with E-state index in [4.69, 9.17) is 4.52 Å². The number of anilines is 1. The van der Waals surface area contributed by atoms with Crippen LogP contribution in [0.25, 0.3) is 11.4 Å². The molecule has 1 aliphatic heterocycles. The number of aryl methyl sites for hydroxylation is 2. The fourth-order valence-electron chi connectivity index (χ4n) is 4.62. The molecular formula is C29H38F2N6O3. The van der Waals surface area contributed by atoms with Gasteiger partial charge in [0.1, 0.15) is 11.6 Å². The van der Waals surface area contributed by atoms with E-state index in [1.54, 1.807) is 37.9 Å². The van der Waals surface area contributed by atoms with Crippen molar-refractivity contribution in [1.29, 1.82) is 0 Å². The number of hydrogen-bond donors (Lipinski definition) is 1. The smallest absolute Gasteiger partial charge is 0.256 e. The number of carbonyl (C=O) groups excluding carboxylic acids is 2. The van der Waals surface area contributed by atoms with Gasteiger partial charge in [-0.05, 0) is 54.3 Å². The number of nitrogens with one attached hydrogen (secondary N) is 1. The minimum absolute atomic E-state index is 0. The number of aromatic nitrogens is 2. The lowest BCUT2D eigenvalue weighted by molar-refractivity contribution is -0.145. The third-order valence-corrected chi connectivity index (χ3v) is 6.82. The van der Waals surface area contributed by atoms with E-state index in [9.17, 15) is 18.4 Å². The maximum atomic E-state index is 14.9. The molecular weight excluding hydrogens is 518 g/mol. The molecule has 0 radical (unpaired) electrons. The van der Waals surface area contributed by atoms with Crippen LogP contribution in [0, 0.1) is 25.5 Å². The minimum Gasteiger partial charge on any atom is -0.355 e. The van der Waals surface area contributed by atoms with Crippen LogP contribution in [-0.2, 0) is 22.7 Å². The van der Waals surface area contributed by atoms with Crippen LogP contribution in [0.1, 0.15) is 56.2 Å². The number of nitrogens with zero attached hydrogens (tertiary/aromatic N) is 5. The maximum absolute atomic E-state index is 14.9. The van der Waals surface area contributed by atoms with E-state index in [1.165, 1.54) is 23.2 Å². The van der Waals surface area contributed by atoms with Gasteiger partial charge in [-0.1, -0.05) is 38.4 Å². The van der Waals surface area contributed by atoms with Gasteiger partial charge in [-0.25, -0.2) is 13.8 Å². The molecule has 0 bridgehead atoms. The molecule has 216 valence electrons. The van der Waals surface area contributed by atoms with Crippen LogP contribution < -0.4 is 10.2 Å². The van der Waals surface area contributed by atoms with Gasteiger partial charge in [0.2, 0.25) is 17.6 Å². The number of halogens is 2. The van der Waals surface area contributed by atoms with E-state index in [2.05, 4.69) is 22.4 Å². The minimum atomic E-state index is -0.536. The average Bonchev–Trinajstić information content (AvgIpc) is 3.51. The zero-order chi connectivity index (χ0) is 28.1. The SMILES string of the molecule is C.CCCCCNC(=O)CN(CC(=O)N(C)N1Cc2ccc(F)cc2C1)c1cc(-c2noc(C)n2)c(F)cc1C. The Kier molecular flexibility index (Phi) is 10.3. The monoisotopic (exact) mass is 556 g/mol. The summed E-state index contributed by atoms with van der Waals surface area (Å²) in [6.07, 6.45) is 2.89. The second kappa shape index (κ2) is 13.5. The number of fused-ring (bicyclic) bond motifs is 1. The Morgan fingerprint density at radius 3 is 2.52 bits per heavy atom. The number of unbranched alkanes of at least 4 members (excludes halogenated alkanes) is 2. The van der Waals surface area contributed by atoms with Crippen LogP contribution in [0.2, 0.25) is 0 Å². The van der Waals surface area contributed by atoms with Crippen LogP contribution >= 0.6 is 0 Å². The number of hydrogen-bond acceptors (Lipinski definition) is 7. The molecule has 9 nitrogen and oxygen atoms in total. The average molecular weight is 557 g/mol. The second-order valence-corrected chi connectivity index (χ2v) is 9.82. The molecule has 1 aliphatic rings. The summed E-state index contributed by atoms with van der Waals surface area (Å²) < 4.78 is 33.6. The number of benzene rings is 2. The van der Waals surface area contributed by atoms with E-state index < -0.39 is 5.82 Å². The van der Waals surface area contributed by atoms with Gasteiger partial charge < -0.3 is 14.7 Å². The van der Waals surface area contributed by atoms with E-state index in [0.29, 0.717) is 30.9 Å². The third-order valence-electron chi connectivity index (χ3n) is 6.82. The van der Waals surface area contributed by atoms with Gasteiger partial charge in [0, 0.05) is 39.3 Å². The number of carbonyl (C=O) groups is 2. The fraction of sp³-hybridized carbons (Fsp3) is 0.448. The zero-order valence-electron chi connectivity index (χ0n) is 22.8. The first-order valence-electron chi connectivity index (χ1n) is 13.1. The van der Waals surface area contributed by atoms with E-state index in [0.717, 1.165) is 30.4 Å². The highest BCUT2D eigenvalue weighted by Gasteiger charge is 2.28. The molecule has 0 saturated carbocycles. The standard InChI is InChI=1S/C28H34F2N6O3.CH4/c1-5-6-7-10-31-26(37)16-35(25-13-23(24(30)11-18(25)2)28-32-19(3)39-33-28)17-27(38)34(4)36-14-20-8-9-22(29)12-21(20)15-36;/h8-9,11-13H,5-7,10,14-17H2,1-4H3,(H,31,37);1H4. The summed E-state index contributed by atoms with van der Waals surface area (Å²) in [5, 5.41) is 10.1. The highest BCUT2D eigenvalue weighted by molar-refractivity contribution is 5.87. The van der Waals surface area contributed by atoms with E-state index >= 15 is 0 Å². The highest BCUT2D eigenvalue weighted by Crippen LogP contribution is 2.30. The van der Waals surface area contributed by atoms with Gasteiger partial charge in [-0.15, -0.1) is 0 Å². The Labute approximate surface area is 234 Å². The summed E-state index contributed by atoms with van der Waals surface area (Å²) in [4.78, 5) is 32.1. The lowest BCUT2D eigenvalue weighted by Crippen LogP contribution is -2.48. The third kappa shape index (κ3) is 7.20. The lowest BCUT2D eigenvalue weighted by atomic mass is 10.1. The summed E-state index contributed by atoms with van der Waals surface area (Å²) in [6, 6.07) is 7.49. The van der Waals surface area contributed by atoms with Crippen molar-refractivity contribution < 1.29 is 22.9 Å². The van der Waals surface area contributed by atoms with Crippen molar-refractivity contribution in [3.05, 3.63) is 64.5 Å². The number of amides is 2. The lowest BCUT2D eigenvalue weighted by Gasteiger charge is -2.32. The normalized spacial score (nSPS) is 12.6. The van der Waals surface area contributed by atoms with Crippen molar-refractivity contribution in [3.63, 3.8) is 0 Å². The first kappa shape index (κ1) is 30.7. The quantitative estimate of drug-likeness (QED) is 0.340. The molecule has 0 fully saturated rings. The molecule has 40 heavy (non-hydrogen) atoms. The Bertz CT molecular complexity index is 1350. The molecule has 11 heteroatoms. The van der Waals surface area contributed by atoms with Crippen LogP contribution in [0.4, 0.5) is 14.5 Å². The molecule has 2 aromatic carbocycles. The van der Waals surface area contributed by atoms with E-state index in [1.807, 2.05) is 5.01 Å². The van der Waals surface area contributed by atoms with Gasteiger partial charge in [0.05, 0.1) is 18.7 Å². The van der Waals surface area contributed by atoms with E-state index in [-0.39, 0.29) is 55.4 Å². The topological polar surface area (TPSA) is 94.8 Å². The van der Waals surface area contributed by atoms with Crippen molar-refractivity contribution in [2.24, 2.45) is 0 Å². The molecule has 0 atom stereocenters. The van der Waals surface area contributed by atoms with Crippen molar-refractivity contribution in [2.45, 2.75) is 60.5 Å². The van der Waals surface area contributed by atoms with Gasteiger partial charge >= 0.3 is 0 Å². The van der Waals surface area contributed by atoms with Crippen LogP contribution in [0.3, 0.4) is 0 Å². The van der Waals surface area contributed by atoms with Crippen LogP contribution in [0.15, 0.2) is 34.9 Å². The first-order chi connectivity index (χ1) is 18.7. The number of likely N-dealkylation sites (N-methyl/N-ethyl adjacent to an activating group) is 1. The summed E-state index contributed by atoms with van der Waals surface area (Å²) in [5.41, 5.74) is 2.95. The van der Waals surface area contributed by atoms with Crippen molar-refractivity contribution in [3.8, 4) is 11.4 Å². The molecule has 1 aromatic heterocycles. The summed E-state index contributed by atoms with van der Waals surface area (Å²) in [6.45, 7) is 6.56. The van der Waals surface area contributed by atoms with Crippen LogP contribution in [0.5, 0.6) is 0 Å². The fourth-order valence-corrected chi connectivity index (χ4v) is 4.62. The molecule has 0 aliphatic carbocycles. The van der Waals surface area contributed by atoms with Crippen molar-refractivity contribution in [2.75, 3.05) is 31.6 Å².